The minimum absolute atomic E-state index is 0.0815. The van der Waals surface area contributed by atoms with E-state index in [2.05, 4.69) is 0 Å². The number of alkyl halides is 6. The largest absolute Gasteiger partial charge is 0.416 e. The quantitative estimate of drug-likeness (QED) is 0.816. The van der Waals surface area contributed by atoms with E-state index in [1.807, 2.05) is 5.32 Å². The van der Waals surface area contributed by atoms with E-state index in [4.69, 9.17) is 0 Å². The number of amides is 2. The van der Waals surface area contributed by atoms with Gasteiger partial charge in [0, 0.05) is 24.6 Å². The Kier molecular flexibility index (Phi) is 5.82. The molecule has 2 amide bonds. The average molecular weight is 382 g/mol. The van der Waals surface area contributed by atoms with E-state index >= 15 is 0 Å². The molecular formula is C16H16F6N2O2. The smallest absolute Gasteiger partial charge is 0.347 e. The van der Waals surface area contributed by atoms with E-state index in [1.54, 1.807) is 0 Å². The van der Waals surface area contributed by atoms with Gasteiger partial charge in [0.15, 0.2) is 0 Å². The summed E-state index contributed by atoms with van der Waals surface area (Å²) in [6, 6.07) is 3.77. The summed E-state index contributed by atoms with van der Waals surface area (Å²) >= 11 is 0. The zero-order valence-corrected chi connectivity index (χ0v) is 13.5. The first-order valence-electron chi connectivity index (χ1n) is 7.78. The van der Waals surface area contributed by atoms with Gasteiger partial charge in [0.05, 0.1) is 5.56 Å². The molecule has 1 aliphatic rings. The average Bonchev–Trinajstić information content (AvgIpc) is 2.58. The highest BCUT2D eigenvalue weighted by Gasteiger charge is 2.33. The van der Waals surface area contributed by atoms with Crippen LogP contribution in [0.15, 0.2) is 24.3 Å². The number of benzene rings is 1. The monoisotopic (exact) mass is 382 g/mol. The normalized spacial score (nSPS) is 16.5. The number of likely N-dealkylation sites (tertiary alicyclic amines) is 1. The predicted octanol–water partition coefficient (Wildman–Crippen LogP) is 3.24. The van der Waals surface area contributed by atoms with Crippen LogP contribution in [0.1, 0.15) is 28.8 Å². The van der Waals surface area contributed by atoms with E-state index < -0.39 is 42.2 Å². The molecule has 1 aromatic carbocycles. The molecule has 26 heavy (non-hydrogen) atoms. The van der Waals surface area contributed by atoms with Gasteiger partial charge < -0.3 is 10.2 Å². The molecule has 0 spiro atoms. The van der Waals surface area contributed by atoms with E-state index in [-0.39, 0.29) is 31.5 Å². The number of hydrogen-bond acceptors (Lipinski definition) is 2. The predicted molar refractivity (Wildman–Crippen MR) is 79.1 cm³/mol. The molecule has 1 fully saturated rings. The molecule has 0 bridgehead atoms. The minimum atomic E-state index is -4.50. The molecule has 0 unspecified atom stereocenters. The highest BCUT2D eigenvalue weighted by Crippen LogP contribution is 2.29. The van der Waals surface area contributed by atoms with Crippen LogP contribution >= 0.6 is 0 Å². The molecular weight excluding hydrogens is 366 g/mol. The molecule has 1 aliphatic heterocycles. The molecule has 1 saturated heterocycles. The van der Waals surface area contributed by atoms with Gasteiger partial charge in [-0.3, -0.25) is 9.59 Å². The van der Waals surface area contributed by atoms with Gasteiger partial charge in [0.2, 0.25) is 5.91 Å². The Morgan fingerprint density at radius 2 is 1.54 bits per heavy atom. The third kappa shape index (κ3) is 5.37. The summed E-state index contributed by atoms with van der Waals surface area (Å²) in [7, 11) is 0. The molecule has 10 heteroatoms. The van der Waals surface area contributed by atoms with E-state index in [9.17, 15) is 35.9 Å². The maximum atomic E-state index is 12.5. The first-order valence-corrected chi connectivity index (χ1v) is 7.78. The van der Waals surface area contributed by atoms with E-state index in [0.29, 0.717) is 0 Å². The van der Waals surface area contributed by atoms with Crippen LogP contribution in [0.2, 0.25) is 0 Å². The third-order valence-corrected chi connectivity index (χ3v) is 4.08. The van der Waals surface area contributed by atoms with Crippen LogP contribution in [0.25, 0.3) is 0 Å². The lowest BCUT2D eigenvalue weighted by Gasteiger charge is -2.31. The van der Waals surface area contributed by atoms with Crippen molar-refractivity contribution in [2.24, 2.45) is 5.92 Å². The second kappa shape index (κ2) is 7.55. The summed E-state index contributed by atoms with van der Waals surface area (Å²) in [6.45, 7) is -1.12. The fourth-order valence-corrected chi connectivity index (χ4v) is 2.66. The maximum absolute atomic E-state index is 12.5. The van der Waals surface area contributed by atoms with Crippen LogP contribution in [-0.2, 0) is 11.0 Å². The number of halogens is 6. The number of nitrogens with zero attached hydrogens (tertiary/aromatic N) is 1. The van der Waals surface area contributed by atoms with Gasteiger partial charge in [-0.15, -0.1) is 0 Å². The standard InChI is InChI=1S/C16H16F6N2O2/c17-15(18,19)9-23-13(25)10-5-7-24(8-6-10)14(26)11-1-3-12(4-2-11)16(20,21)22/h1-4,10H,5-9H2,(H,23,25). The van der Waals surface area contributed by atoms with Gasteiger partial charge >= 0.3 is 12.4 Å². The molecule has 2 rings (SSSR count). The van der Waals surface area contributed by atoms with E-state index in [0.717, 1.165) is 24.3 Å². The number of carbonyl (C=O) groups excluding carboxylic acids is 2. The summed E-state index contributed by atoms with van der Waals surface area (Å²) < 4.78 is 73.9. The van der Waals surface area contributed by atoms with Crippen molar-refractivity contribution in [3.05, 3.63) is 35.4 Å². The lowest BCUT2D eigenvalue weighted by Crippen LogP contribution is -2.44. The van der Waals surface area contributed by atoms with Crippen molar-refractivity contribution in [2.45, 2.75) is 25.2 Å². The molecule has 0 aliphatic carbocycles. The van der Waals surface area contributed by atoms with Gasteiger partial charge in [0.25, 0.3) is 5.91 Å². The van der Waals surface area contributed by atoms with Crippen molar-refractivity contribution >= 4 is 11.8 Å². The second-order valence-electron chi connectivity index (χ2n) is 5.97. The Morgan fingerprint density at radius 1 is 1.00 bits per heavy atom. The number of rotatable bonds is 3. The Morgan fingerprint density at radius 3 is 2.00 bits per heavy atom. The van der Waals surface area contributed by atoms with Gasteiger partial charge in [-0.2, -0.15) is 26.3 Å². The van der Waals surface area contributed by atoms with Crippen molar-refractivity contribution in [3.8, 4) is 0 Å². The summed E-state index contributed by atoms with van der Waals surface area (Å²) in [5.74, 6) is -1.83. The van der Waals surface area contributed by atoms with Gasteiger partial charge in [0.1, 0.15) is 6.54 Å². The van der Waals surface area contributed by atoms with Crippen molar-refractivity contribution in [3.63, 3.8) is 0 Å². The zero-order valence-electron chi connectivity index (χ0n) is 13.5. The molecule has 1 heterocycles. The Labute approximate surface area is 145 Å². The van der Waals surface area contributed by atoms with Gasteiger partial charge in [-0.25, -0.2) is 0 Å². The third-order valence-electron chi connectivity index (χ3n) is 4.08. The highest BCUT2D eigenvalue weighted by molar-refractivity contribution is 5.94. The number of piperidine rings is 1. The lowest BCUT2D eigenvalue weighted by molar-refractivity contribution is -0.141. The van der Waals surface area contributed by atoms with Gasteiger partial charge in [-0.1, -0.05) is 0 Å². The Balaban J connectivity index is 1.89. The van der Waals surface area contributed by atoms with Gasteiger partial charge in [-0.05, 0) is 37.1 Å². The van der Waals surface area contributed by atoms with Crippen molar-refractivity contribution in [1.82, 2.24) is 10.2 Å². The van der Waals surface area contributed by atoms with E-state index in [1.165, 1.54) is 4.90 Å². The fraction of sp³-hybridized carbons (Fsp3) is 0.500. The fourth-order valence-electron chi connectivity index (χ4n) is 2.66. The number of carbonyl (C=O) groups is 2. The van der Waals surface area contributed by atoms with Crippen molar-refractivity contribution in [2.75, 3.05) is 19.6 Å². The summed E-state index contributed by atoms with van der Waals surface area (Å²) in [5, 5.41) is 1.81. The molecule has 0 radical (unpaired) electrons. The Hall–Kier alpha value is -2.26. The van der Waals surface area contributed by atoms with Crippen molar-refractivity contribution < 1.29 is 35.9 Å². The number of hydrogen-bond donors (Lipinski definition) is 1. The highest BCUT2D eigenvalue weighted by atomic mass is 19.4. The van der Waals surface area contributed by atoms with Crippen molar-refractivity contribution in [1.29, 1.82) is 0 Å². The molecule has 1 aromatic rings. The van der Waals surface area contributed by atoms with Crippen LogP contribution in [0.3, 0.4) is 0 Å². The zero-order chi connectivity index (χ0) is 19.5. The molecule has 0 atom stereocenters. The molecule has 0 aromatic heterocycles. The second-order valence-corrected chi connectivity index (χ2v) is 5.97. The maximum Gasteiger partial charge on any atom is 0.416 e. The SMILES string of the molecule is O=C(NCC(F)(F)F)C1CCN(C(=O)c2ccc(C(F)(F)F)cc2)CC1. The Bertz CT molecular complexity index is 646. The molecule has 4 nitrogen and oxygen atoms in total. The number of nitrogens with one attached hydrogen (secondary N) is 1. The molecule has 0 saturated carbocycles. The van der Waals surface area contributed by atoms with Crippen LogP contribution in [0.5, 0.6) is 0 Å². The first kappa shape index (κ1) is 20.1. The van der Waals surface area contributed by atoms with Crippen LogP contribution in [-0.4, -0.2) is 42.5 Å². The first-order chi connectivity index (χ1) is 12.0. The lowest BCUT2D eigenvalue weighted by atomic mass is 9.95. The molecule has 1 N–H and O–H groups in total. The van der Waals surface area contributed by atoms with Crippen LogP contribution < -0.4 is 5.32 Å². The summed E-state index contributed by atoms with van der Waals surface area (Å²) in [5.41, 5.74) is -0.785. The summed E-state index contributed by atoms with van der Waals surface area (Å²) in [6.07, 6.45) is -8.61. The minimum Gasteiger partial charge on any atom is -0.347 e. The topological polar surface area (TPSA) is 49.4 Å². The summed E-state index contributed by atoms with van der Waals surface area (Å²) in [4.78, 5) is 25.4. The van der Waals surface area contributed by atoms with Crippen LogP contribution in [0.4, 0.5) is 26.3 Å². The van der Waals surface area contributed by atoms with Crippen LogP contribution in [0, 0.1) is 5.92 Å². The molecule has 144 valence electrons.